The Morgan fingerprint density at radius 2 is 2.00 bits per heavy atom. The van der Waals surface area contributed by atoms with Crippen LogP contribution in [0.4, 0.5) is 10.2 Å². The van der Waals surface area contributed by atoms with Crippen LogP contribution in [-0.2, 0) is 6.61 Å². The van der Waals surface area contributed by atoms with Gasteiger partial charge in [0.1, 0.15) is 18.1 Å². The van der Waals surface area contributed by atoms with E-state index in [1.807, 2.05) is 0 Å². The van der Waals surface area contributed by atoms with E-state index < -0.39 is 5.69 Å². The number of aromatic amines is 1. The van der Waals surface area contributed by atoms with Gasteiger partial charge in [-0.15, -0.1) is 0 Å². The monoisotopic (exact) mass is 383 g/mol. The number of nitrogens with one attached hydrogen (secondary N) is 2. The van der Waals surface area contributed by atoms with Crippen molar-refractivity contribution in [1.82, 2.24) is 15.2 Å². The molecule has 0 bridgehead atoms. The van der Waals surface area contributed by atoms with E-state index in [-0.39, 0.29) is 18.2 Å². The van der Waals surface area contributed by atoms with E-state index in [1.54, 1.807) is 43.5 Å². The number of H-pyrrole nitrogens is 1. The lowest BCUT2D eigenvalue weighted by atomic mass is 10.2. The molecule has 3 rings (SSSR count). The molecule has 28 heavy (non-hydrogen) atoms. The number of hydrogen-bond donors (Lipinski definition) is 2. The van der Waals surface area contributed by atoms with E-state index in [2.05, 4.69) is 25.7 Å². The topological polar surface area (TPSA) is 101 Å². The van der Waals surface area contributed by atoms with Crippen LogP contribution in [0.1, 0.15) is 16.8 Å². The number of ether oxygens (including phenoxy) is 2. The first-order valence-electron chi connectivity index (χ1n) is 8.33. The van der Waals surface area contributed by atoms with Crippen LogP contribution < -0.4 is 20.6 Å². The summed E-state index contributed by atoms with van der Waals surface area (Å²) in [4.78, 5) is 15.0. The van der Waals surface area contributed by atoms with Crippen molar-refractivity contribution in [3.8, 4) is 11.5 Å². The molecule has 3 aromatic rings. The molecule has 0 aliphatic heterocycles. The Kier molecular flexibility index (Phi) is 5.95. The summed E-state index contributed by atoms with van der Waals surface area (Å²) >= 11 is 0. The molecule has 2 aromatic carbocycles. The Morgan fingerprint density at radius 3 is 2.75 bits per heavy atom. The zero-order valence-electron chi connectivity index (χ0n) is 15.3. The number of halogens is 1. The first-order valence-corrected chi connectivity index (χ1v) is 8.33. The first-order chi connectivity index (χ1) is 13.5. The van der Waals surface area contributed by atoms with Crippen molar-refractivity contribution in [2.75, 3.05) is 12.5 Å². The third-order valence-electron chi connectivity index (χ3n) is 3.75. The van der Waals surface area contributed by atoms with Gasteiger partial charge in [-0.25, -0.2) is 14.3 Å². The molecule has 0 atom stereocenters. The highest BCUT2D eigenvalue weighted by molar-refractivity contribution is 5.81. The average molecular weight is 383 g/mol. The zero-order chi connectivity index (χ0) is 19.9. The van der Waals surface area contributed by atoms with Gasteiger partial charge in [-0.2, -0.15) is 15.2 Å². The fraction of sp³-hybridized carbons (Fsp3) is 0.158. The molecule has 0 spiro atoms. The number of benzene rings is 2. The van der Waals surface area contributed by atoms with Gasteiger partial charge in [0, 0.05) is 0 Å². The van der Waals surface area contributed by atoms with Crippen LogP contribution in [-0.4, -0.2) is 28.5 Å². The van der Waals surface area contributed by atoms with Crippen LogP contribution in [0.25, 0.3) is 0 Å². The van der Waals surface area contributed by atoms with Gasteiger partial charge in [-0.3, -0.25) is 5.43 Å². The Balaban J connectivity index is 1.67. The molecule has 1 heterocycles. The zero-order valence-corrected chi connectivity index (χ0v) is 15.3. The minimum Gasteiger partial charge on any atom is -0.493 e. The van der Waals surface area contributed by atoms with E-state index in [9.17, 15) is 9.18 Å². The van der Waals surface area contributed by atoms with E-state index in [0.29, 0.717) is 17.2 Å². The minimum atomic E-state index is -0.562. The van der Waals surface area contributed by atoms with Crippen molar-refractivity contribution < 1.29 is 13.9 Å². The van der Waals surface area contributed by atoms with Gasteiger partial charge in [0.15, 0.2) is 17.3 Å². The summed E-state index contributed by atoms with van der Waals surface area (Å²) in [6.07, 6.45) is 1.55. The molecule has 8 nitrogen and oxygen atoms in total. The molecular weight excluding hydrogens is 365 g/mol. The summed E-state index contributed by atoms with van der Waals surface area (Å²) in [5.74, 6) is 1.05. The number of aromatic nitrogens is 3. The molecule has 2 N–H and O–H groups in total. The highest BCUT2D eigenvalue weighted by Crippen LogP contribution is 2.28. The molecule has 0 saturated carbocycles. The molecule has 9 heteroatoms. The summed E-state index contributed by atoms with van der Waals surface area (Å²) in [5.41, 5.74) is 4.21. The number of methoxy groups -OCH3 is 1. The SMILES string of the molecule is COc1cc(/C=N/Nc2nc(=O)[nH]nc2C)ccc1OCc1ccc(F)cc1. The Bertz CT molecular complexity index is 1030. The summed E-state index contributed by atoms with van der Waals surface area (Å²) in [5, 5.41) is 10.1. The number of hydrazone groups is 1. The second-order valence-electron chi connectivity index (χ2n) is 5.77. The maximum absolute atomic E-state index is 13.0. The molecule has 0 fully saturated rings. The van der Waals surface area contributed by atoms with Crippen LogP contribution in [0.3, 0.4) is 0 Å². The van der Waals surface area contributed by atoms with Gasteiger partial charge >= 0.3 is 5.69 Å². The number of hydrogen-bond acceptors (Lipinski definition) is 7. The van der Waals surface area contributed by atoms with Gasteiger partial charge in [0.25, 0.3) is 0 Å². The quantitative estimate of drug-likeness (QED) is 0.480. The normalized spacial score (nSPS) is 10.8. The standard InChI is InChI=1S/C19H18FN5O3/c1-12-18(22-19(26)25-23-12)24-21-10-14-5-8-16(17(9-14)27-2)28-11-13-3-6-15(20)7-4-13/h3-10H,11H2,1-2H3,(H2,22,24,25,26)/b21-10+. The first kappa shape index (κ1) is 19.0. The largest absolute Gasteiger partial charge is 0.493 e. The van der Waals surface area contributed by atoms with Crippen molar-refractivity contribution in [2.24, 2.45) is 5.10 Å². The lowest BCUT2D eigenvalue weighted by Crippen LogP contribution is -2.15. The van der Waals surface area contributed by atoms with E-state index in [1.165, 1.54) is 19.2 Å². The van der Waals surface area contributed by atoms with Crippen molar-refractivity contribution in [1.29, 1.82) is 0 Å². The molecular formula is C19H18FN5O3. The minimum absolute atomic E-state index is 0.270. The fourth-order valence-electron chi connectivity index (χ4n) is 2.29. The van der Waals surface area contributed by atoms with Crippen LogP contribution in [0.5, 0.6) is 11.5 Å². The van der Waals surface area contributed by atoms with Crippen molar-refractivity contribution in [3.63, 3.8) is 0 Å². The molecule has 0 amide bonds. The lowest BCUT2D eigenvalue weighted by molar-refractivity contribution is 0.284. The van der Waals surface area contributed by atoms with Gasteiger partial charge < -0.3 is 9.47 Å². The van der Waals surface area contributed by atoms with Gasteiger partial charge in [0.05, 0.1) is 13.3 Å². The van der Waals surface area contributed by atoms with Gasteiger partial charge in [-0.1, -0.05) is 12.1 Å². The Labute approximate surface area is 160 Å². The molecule has 144 valence electrons. The second kappa shape index (κ2) is 8.76. The molecule has 0 aliphatic rings. The van der Waals surface area contributed by atoms with Crippen LogP contribution in [0.2, 0.25) is 0 Å². The third-order valence-corrected chi connectivity index (χ3v) is 3.75. The Morgan fingerprint density at radius 1 is 1.21 bits per heavy atom. The molecule has 0 aliphatic carbocycles. The second-order valence-corrected chi connectivity index (χ2v) is 5.77. The molecule has 0 unspecified atom stereocenters. The van der Waals surface area contributed by atoms with E-state index in [0.717, 1.165) is 11.1 Å². The summed E-state index contributed by atoms with van der Waals surface area (Å²) in [6, 6.07) is 11.4. The van der Waals surface area contributed by atoms with E-state index in [4.69, 9.17) is 9.47 Å². The number of aryl methyl sites for hydroxylation is 1. The van der Waals surface area contributed by atoms with Crippen molar-refractivity contribution in [2.45, 2.75) is 13.5 Å². The predicted octanol–water partition coefficient (Wildman–Crippen LogP) is 2.65. The predicted molar refractivity (Wildman–Crippen MR) is 102 cm³/mol. The van der Waals surface area contributed by atoms with Crippen molar-refractivity contribution >= 4 is 12.0 Å². The third kappa shape index (κ3) is 4.91. The summed E-state index contributed by atoms with van der Waals surface area (Å²) in [7, 11) is 1.54. The molecule has 1 aromatic heterocycles. The fourth-order valence-corrected chi connectivity index (χ4v) is 2.29. The average Bonchev–Trinajstić information content (AvgIpc) is 2.70. The van der Waals surface area contributed by atoms with Crippen LogP contribution in [0.15, 0.2) is 52.4 Å². The Hall–Kier alpha value is -3.75. The van der Waals surface area contributed by atoms with Gasteiger partial charge in [0.2, 0.25) is 0 Å². The van der Waals surface area contributed by atoms with Crippen molar-refractivity contribution in [3.05, 3.63) is 75.6 Å². The number of nitrogens with zero attached hydrogens (tertiary/aromatic N) is 3. The van der Waals surface area contributed by atoms with Crippen LogP contribution >= 0.6 is 0 Å². The maximum Gasteiger partial charge on any atom is 0.363 e. The van der Waals surface area contributed by atoms with E-state index >= 15 is 0 Å². The maximum atomic E-state index is 13.0. The summed E-state index contributed by atoms with van der Waals surface area (Å²) in [6.45, 7) is 1.98. The highest BCUT2D eigenvalue weighted by atomic mass is 19.1. The van der Waals surface area contributed by atoms with Gasteiger partial charge in [-0.05, 0) is 48.4 Å². The lowest BCUT2D eigenvalue weighted by Gasteiger charge is -2.11. The smallest absolute Gasteiger partial charge is 0.363 e. The molecule has 0 radical (unpaired) electrons. The molecule has 0 saturated heterocycles. The number of rotatable bonds is 7. The highest BCUT2D eigenvalue weighted by Gasteiger charge is 2.06. The van der Waals surface area contributed by atoms with Crippen LogP contribution in [0, 0.1) is 12.7 Å². The summed E-state index contributed by atoms with van der Waals surface area (Å²) < 4.78 is 24.1. The number of anilines is 1.